The van der Waals surface area contributed by atoms with E-state index in [-0.39, 0.29) is 0 Å². The standard InChI is InChI=1S/C13H13N5S2/c1-8-15-10-2-4-19-11(10)12(16-8)14-6-9-7-18-3-5-20-13(18)17-9/h2,4,7H,3,5-6H2,1H3,(H,14,15,16). The van der Waals surface area contributed by atoms with Gasteiger partial charge in [0.15, 0.2) is 5.16 Å². The first-order valence-corrected chi connectivity index (χ1v) is 8.31. The zero-order valence-corrected chi connectivity index (χ0v) is 12.6. The SMILES string of the molecule is Cc1nc(NCc2cn3c(n2)SCC3)c2sccc2n1. The van der Waals surface area contributed by atoms with Gasteiger partial charge in [-0.2, -0.15) is 0 Å². The normalized spacial score (nSPS) is 13.8. The molecule has 0 saturated carbocycles. The van der Waals surface area contributed by atoms with Crippen molar-refractivity contribution in [3.8, 4) is 0 Å². The second-order valence-electron chi connectivity index (χ2n) is 4.66. The van der Waals surface area contributed by atoms with Gasteiger partial charge in [-0.25, -0.2) is 15.0 Å². The Balaban J connectivity index is 1.59. The molecular weight excluding hydrogens is 290 g/mol. The molecule has 0 aliphatic carbocycles. The molecule has 0 bridgehead atoms. The molecule has 5 nitrogen and oxygen atoms in total. The van der Waals surface area contributed by atoms with Gasteiger partial charge in [0.2, 0.25) is 0 Å². The lowest BCUT2D eigenvalue weighted by molar-refractivity contribution is 0.719. The van der Waals surface area contributed by atoms with Crippen molar-refractivity contribution in [3.63, 3.8) is 0 Å². The van der Waals surface area contributed by atoms with E-state index >= 15 is 0 Å². The van der Waals surface area contributed by atoms with Gasteiger partial charge >= 0.3 is 0 Å². The third-order valence-corrected chi connectivity index (χ3v) is 5.09. The molecule has 4 rings (SSSR count). The molecule has 1 aliphatic rings. The largest absolute Gasteiger partial charge is 0.363 e. The number of hydrogen-bond donors (Lipinski definition) is 1. The average Bonchev–Trinajstić information content (AvgIpc) is 3.09. The summed E-state index contributed by atoms with van der Waals surface area (Å²) in [5, 5.41) is 6.57. The van der Waals surface area contributed by atoms with Crippen molar-refractivity contribution in [1.29, 1.82) is 0 Å². The first-order valence-electron chi connectivity index (χ1n) is 6.44. The predicted octanol–water partition coefficient (Wildman–Crippen LogP) is 2.91. The predicted molar refractivity (Wildman–Crippen MR) is 82.4 cm³/mol. The Morgan fingerprint density at radius 2 is 2.30 bits per heavy atom. The molecule has 0 radical (unpaired) electrons. The maximum atomic E-state index is 4.62. The Labute approximate surface area is 124 Å². The van der Waals surface area contributed by atoms with E-state index in [1.165, 1.54) is 0 Å². The highest BCUT2D eigenvalue weighted by atomic mass is 32.2. The molecule has 0 fully saturated rings. The number of fused-ring (bicyclic) bond motifs is 2. The van der Waals surface area contributed by atoms with Gasteiger partial charge in [0, 0.05) is 18.5 Å². The molecule has 1 N–H and O–H groups in total. The number of nitrogens with one attached hydrogen (secondary N) is 1. The van der Waals surface area contributed by atoms with Crippen LogP contribution >= 0.6 is 23.1 Å². The third kappa shape index (κ3) is 2.06. The number of rotatable bonds is 3. The summed E-state index contributed by atoms with van der Waals surface area (Å²) in [6.07, 6.45) is 2.13. The summed E-state index contributed by atoms with van der Waals surface area (Å²) >= 11 is 3.48. The van der Waals surface area contributed by atoms with Crippen molar-refractivity contribution < 1.29 is 0 Å². The smallest absolute Gasteiger partial charge is 0.168 e. The Morgan fingerprint density at radius 3 is 3.20 bits per heavy atom. The van der Waals surface area contributed by atoms with Crippen molar-refractivity contribution in [2.24, 2.45) is 0 Å². The van der Waals surface area contributed by atoms with Gasteiger partial charge < -0.3 is 9.88 Å². The minimum atomic E-state index is 0.698. The fraction of sp³-hybridized carbons (Fsp3) is 0.308. The summed E-state index contributed by atoms with van der Waals surface area (Å²) in [5.41, 5.74) is 2.07. The van der Waals surface area contributed by atoms with Crippen LogP contribution in [-0.4, -0.2) is 25.3 Å². The highest BCUT2D eigenvalue weighted by Gasteiger charge is 2.14. The van der Waals surface area contributed by atoms with Crippen LogP contribution in [0.5, 0.6) is 0 Å². The van der Waals surface area contributed by atoms with E-state index in [1.54, 1.807) is 11.3 Å². The van der Waals surface area contributed by atoms with Crippen LogP contribution in [0.15, 0.2) is 22.8 Å². The lowest BCUT2D eigenvalue weighted by Crippen LogP contribution is -2.04. The molecule has 0 saturated heterocycles. The van der Waals surface area contributed by atoms with Crippen LogP contribution in [0.1, 0.15) is 11.5 Å². The van der Waals surface area contributed by atoms with Crippen LogP contribution in [0.3, 0.4) is 0 Å². The molecule has 0 amide bonds. The summed E-state index contributed by atoms with van der Waals surface area (Å²) in [5.74, 6) is 2.83. The zero-order chi connectivity index (χ0) is 13.5. The maximum absolute atomic E-state index is 4.62. The highest BCUT2D eigenvalue weighted by molar-refractivity contribution is 7.99. The Hall–Kier alpha value is -1.60. The molecule has 0 unspecified atom stereocenters. The van der Waals surface area contributed by atoms with E-state index in [4.69, 9.17) is 0 Å². The Bertz CT molecular complexity index is 755. The van der Waals surface area contributed by atoms with Crippen LogP contribution in [0, 0.1) is 6.92 Å². The fourth-order valence-corrected chi connectivity index (χ4v) is 4.08. The lowest BCUT2D eigenvalue weighted by atomic mass is 10.4. The number of thioether (sulfide) groups is 1. The van der Waals surface area contributed by atoms with Gasteiger partial charge in [-0.3, -0.25) is 0 Å². The molecule has 1 aliphatic heterocycles. The summed E-state index contributed by atoms with van der Waals surface area (Å²) in [6, 6.07) is 2.03. The fourth-order valence-electron chi connectivity index (χ4n) is 2.32. The first-order chi connectivity index (χ1) is 9.79. The zero-order valence-electron chi connectivity index (χ0n) is 11.0. The van der Waals surface area contributed by atoms with Gasteiger partial charge in [-0.1, -0.05) is 11.8 Å². The topological polar surface area (TPSA) is 55.6 Å². The summed E-state index contributed by atoms with van der Waals surface area (Å²) < 4.78 is 3.32. The van der Waals surface area contributed by atoms with Crippen molar-refractivity contribution in [2.45, 2.75) is 25.2 Å². The van der Waals surface area contributed by atoms with Crippen LogP contribution in [0.4, 0.5) is 5.82 Å². The highest BCUT2D eigenvalue weighted by Crippen LogP contribution is 2.27. The Kier molecular flexibility index (Phi) is 2.89. The van der Waals surface area contributed by atoms with E-state index in [9.17, 15) is 0 Å². The molecule has 102 valence electrons. The summed E-state index contributed by atoms with van der Waals surface area (Å²) in [6.45, 7) is 3.68. The molecule has 4 heterocycles. The number of aromatic nitrogens is 4. The number of imidazole rings is 1. The summed E-state index contributed by atoms with van der Waals surface area (Å²) in [7, 11) is 0. The second-order valence-corrected chi connectivity index (χ2v) is 6.64. The second kappa shape index (κ2) is 4.75. The minimum Gasteiger partial charge on any atom is -0.363 e. The Morgan fingerprint density at radius 1 is 1.35 bits per heavy atom. The number of anilines is 1. The van der Waals surface area contributed by atoms with Crippen LogP contribution < -0.4 is 5.32 Å². The van der Waals surface area contributed by atoms with Gasteiger partial charge in [0.05, 0.1) is 22.5 Å². The molecule has 7 heteroatoms. The van der Waals surface area contributed by atoms with Gasteiger partial charge in [0.25, 0.3) is 0 Å². The maximum Gasteiger partial charge on any atom is 0.168 e. The lowest BCUT2D eigenvalue weighted by Gasteiger charge is -2.05. The molecule has 0 spiro atoms. The summed E-state index contributed by atoms with van der Waals surface area (Å²) in [4.78, 5) is 13.5. The monoisotopic (exact) mass is 303 g/mol. The van der Waals surface area contributed by atoms with Crippen molar-refractivity contribution in [3.05, 3.63) is 29.2 Å². The van der Waals surface area contributed by atoms with Gasteiger partial charge in [-0.15, -0.1) is 11.3 Å². The number of nitrogens with zero attached hydrogens (tertiary/aromatic N) is 4. The van der Waals surface area contributed by atoms with Gasteiger partial charge in [-0.05, 0) is 18.4 Å². The van der Waals surface area contributed by atoms with Crippen molar-refractivity contribution >= 4 is 39.1 Å². The van der Waals surface area contributed by atoms with Gasteiger partial charge in [0.1, 0.15) is 11.6 Å². The number of thiophene rings is 1. The van der Waals surface area contributed by atoms with E-state index in [2.05, 4.69) is 31.0 Å². The molecule has 3 aromatic rings. The third-order valence-electron chi connectivity index (χ3n) is 3.21. The molecule has 0 aromatic carbocycles. The van der Waals surface area contributed by atoms with E-state index in [0.29, 0.717) is 6.54 Å². The number of aryl methyl sites for hydroxylation is 2. The average molecular weight is 303 g/mol. The first kappa shape index (κ1) is 12.2. The van der Waals surface area contributed by atoms with E-state index in [0.717, 1.165) is 45.0 Å². The molecular formula is C13H13N5S2. The quantitative estimate of drug-likeness (QED) is 0.806. The van der Waals surface area contributed by atoms with Crippen molar-refractivity contribution in [1.82, 2.24) is 19.5 Å². The molecule has 20 heavy (non-hydrogen) atoms. The number of hydrogen-bond acceptors (Lipinski definition) is 6. The van der Waals surface area contributed by atoms with E-state index < -0.39 is 0 Å². The van der Waals surface area contributed by atoms with Crippen molar-refractivity contribution in [2.75, 3.05) is 11.1 Å². The van der Waals surface area contributed by atoms with Crippen LogP contribution in [0.2, 0.25) is 0 Å². The van der Waals surface area contributed by atoms with Crippen LogP contribution in [-0.2, 0) is 13.1 Å². The van der Waals surface area contributed by atoms with E-state index in [1.807, 2.05) is 30.1 Å². The minimum absolute atomic E-state index is 0.698. The molecule has 3 aromatic heterocycles. The molecule has 0 atom stereocenters. The van der Waals surface area contributed by atoms with Crippen LogP contribution in [0.25, 0.3) is 10.2 Å².